The molecule has 1 rings (SSSR count). The van der Waals surface area contributed by atoms with E-state index in [2.05, 4.69) is 39.6 Å². The fourth-order valence-electron chi connectivity index (χ4n) is 2.09. The predicted octanol–water partition coefficient (Wildman–Crippen LogP) is 3.06. The molecule has 0 aliphatic rings. The van der Waals surface area contributed by atoms with Gasteiger partial charge < -0.3 is 15.4 Å². The lowest BCUT2D eigenvalue weighted by Crippen LogP contribution is -2.42. The second-order valence-electron chi connectivity index (χ2n) is 6.36. The van der Waals surface area contributed by atoms with Crippen LogP contribution in [0.4, 0.5) is 0 Å². The summed E-state index contributed by atoms with van der Waals surface area (Å²) in [5.74, 6) is 0.868. The van der Waals surface area contributed by atoms with Crippen LogP contribution in [0.1, 0.15) is 39.3 Å². The van der Waals surface area contributed by atoms with E-state index in [-0.39, 0.29) is 11.5 Å². The number of hydrogen-bond acceptors (Lipinski definition) is 3. The Balaban J connectivity index is 2.65. The number of nitrogens with zero attached hydrogens (tertiary/aromatic N) is 1. The topological polar surface area (TPSA) is 38.5 Å². The monoisotopic (exact) mass is 264 g/mol. The van der Waals surface area contributed by atoms with E-state index in [1.165, 1.54) is 0 Å². The van der Waals surface area contributed by atoms with Crippen molar-refractivity contribution in [2.75, 3.05) is 20.7 Å². The molecule has 3 heteroatoms. The molecular formula is C16H28N2O. The van der Waals surface area contributed by atoms with Crippen LogP contribution in [0.2, 0.25) is 0 Å². The molecule has 0 fully saturated rings. The quantitative estimate of drug-likeness (QED) is 0.888. The van der Waals surface area contributed by atoms with Gasteiger partial charge in [0.2, 0.25) is 0 Å². The van der Waals surface area contributed by atoms with Crippen molar-refractivity contribution in [3.63, 3.8) is 0 Å². The van der Waals surface area contributed by atoms with Crippen LogP contribution in [-0.2, 0) is 0 Å². The number of benzene rings is 1. The summed E-state index contributed by atoms with van der Waals surface area (Å²) >= 11 is 0. The second-order valence-corrected chi connectivity index (χ2v) is 6.36. The molecule has 0 bridgehead atoms. The van der Waals surface area contributed by atoms with Crippen molar-refractivity contribution in [2.24, 2.45) is 11.1 Å². The van der Waals surface area contributed by atoms with Crippen LogP contribution in [0.3, 0.4) is 0 Å². The van der Waals surface area contributed by atoms with Crippen LogP contribution in [0.15, 0.2) is 24.3 Å². The minimum atomic E-state index is 0.0284. The number of ether oxygens (including phenoxy) is 1. The summed E-state index contributed by atoms with van der Waals surface area (Å²) in [6.45, 7) is 9.87. The molecule has 19 heavy (non-hydrogen) atoms. The van der Waals surface area contributed by atoms with E-state index in [1.54, 1.807) is 7.11 Å². The van der Waals surface area contributed by atoms with E-state index in [1.807, 2.05) is 24.3 Å². The zero-order valence-corrected chi connectivity index (χ0v) is 13.1. The number of likely N-dealkylation sites (N-methyl/N-ethyl adjacent to an activating group) is 1. The number of methoxy groups -OCH3 is 1. The van der Waals surface area contributed by atoms with Crippen molar-refractivity contribution >= 4 is 0 Å². The van der Waals surface area contributed by atoms with E-state index in [4.69, 9.17) is 10.5 Å². The average molecular weight is 264 g/mol. The molecular weight excluding hydrogens is 236 g/mol. The van der Waals surface area contributed by atoms with Crippen molar-refractivity contribution < 1.29 is 4.74 Å². The molecule has 0 saturated carbocycles. The lowest BCUT2D eigenvalue weighted by molar-refractivity contribution is 0.134. The zero-order valence-electron chi connectivity index (χ0n) is 13.1. The largest absolute Gasteiger partial charge is 0.497 e. The third kappa shape index (κ3) is 4.51. The van der Waals surface area contributed by atoms with Gasteiger partial charge in [0, 0.05) is 18.6 Å². The Morgan fingerprint density at radius 2 is 1.74 bits per heavy atom. The summed E-state index contributed by atoms with van der Waals surface area (Å²) in [7, 11) is 3.81. The van der Waals surface area contributed by atoms with Crippen molar-refractivity contribution in [1.82, 2.24) is 4.90 Å². The molecule has 2 N–H and O–H groups in total. The molecule has 0 aromatic heterocycles. The highest BCUT2D eigenvalue weighted by Crippen LogP contribution is 2.24. The van der Waals surface area contributed by atoms with Crippen LogP contribution >= 0.6 is 0 Å². The van der Waals surface area contributed by atoms with E-state index >= 15 is 0 Å². The summed E-state index contributed by atoms with van der Waals surface area (Å²) < 4.78 is 5.16. The highest BCUT2D eigenvalue weighted by atomic mass is 16.5. The standard InChI is InChI=1S/C16H28N2O/c1-12(16(2,3)4)18(5)11-15(17)13-7-9-14(19-6)10-8-13/h7-10,12,15H,11,17H2,1-6H3. The van der Waals surface area contributed by atoms with Crippen LogP contribution in [0.25, 0.3) is 0 Å². The molecule has 0 saturated heterocycles. The first-order chi connectivity index (χ1) is 8.75. The van der Waals surface area contributed by atoms with Gasteiger partial charge in [0.15, 0.2) is 0 Å². The molecule has 0 radical (unpaired) electrons. The first kappa shape index (κ1) is 16.0. The molecule has 0 amide bonds. The number of hydrogen-bond donors (Lipinski definition) is 1. The fraction of sp³-hybridized carbons (Fsp3) is 0.625. The smallest absolute Gasteiger partial charge is 0.118 e. The Morgan fingerprint density at radius 3 is 2.16 bits per heavy atom. The van der Waals surface area contributed by atoms with Crippen molar-refractivity contribution in [2.45, 2.75) is 39.8 Å². The first-order valence-corrected chi connectivity index (χ1v) is 6.85. The maximum Gasteiger partial charge on any atom is 0.118 e. The Labute approximate surface area is 117 Å². The van der Waals surface area contributed by atoms with Gasteiger partial charge in [0.25, 0.3) is 0 Å². The molecule has 2 atom stereocenters. The van der Waals surface area contributed by atoms with Gasteiger partial charge in [-0.05, 0) is 37.1 Å². The fourth-order valence-corrected chi connectivity index (χ4v) is 2.09. The molecule has 0 aliphatic heterocycles. The van der Waals surface area contributed by atoms with E-state index in [0.29, 0.717) is 6.04 Å². The minimum Gasteiger partial charge on any atom is -0.497 e. The predicted molar refractivity (Wildman–Crippen MR) is 81.5 cm³/mol. The van der Waals surface area contributed by atoms with Crippen molar-refractivity contribution in [3.05, 3.63) is 29.8 Å². The summed E-state index contributed by atoms with van der Waals surface area (Å²) in [5, 5.41) is 0. The van der Waals surface area contributed by atoms with Gasteiger partial charge in [0.05, 0.1) is 7.11 Å². The van der Waals surface area contributed by atoms with Gasteiger partial charge in [-0.2, -0.15) is 0 Å². The first-order valence-electron chi connectivity index (χ1n) is 6.85. The van der Waals surface area contributed by atoms with Gasteiger partial charge in [0.1, 0.15) is 5.75 Å². The molecule has 0 spiro atoms. The average Bonchev–Trinajstić information content (AvgIpc) is 2.36. The SMILES string of the molecule is COc1ccc(C(N)CN(C)C(C)C(C)(C)C)cc1. The van der Waals surface area contributed by atoms with Crippen LogP contribution in [0, 0.1) is 5.41 Å². The third-order valence-electron chi connectivity index (χ3n) is 3.94. The Kier molecular flexibility index (Phi) is 5.39. The highest BCUT2D eigenvalue weighted by molar-refractivity contribution is 5.29. The normalized spacial score (nSPS) is 15.4. The van der Waals surface area contributed by atoms with Crippen molar-refractivity contribution in [3.8, 4) is 5.75 Å². The van der Waals surface area contributed by atoms with Crippen LogP contribution in [0.5, 0.6) is 5.75 Å². The molecule has 2 unspecified atom stereocenters. The summed E-state index contributed by atoms with van der Waals surface area (Å²) in [5.41, 5.74) is 7.69. The van der Waals surface area contributed by atoms with E-state index in [0.717, 1.165) is 17.9 Å². The molecule has 0 heterocycles. The van der Waals surface area contributed by atoms with Crippen LogP contribution < -0.4 is 10.5 Å². The van der Waals surface area contributed by atoms with Gasteiger partial charge in [-0.15, -0.1) is 0 Å². The maximum absolute atomic E-state index is 6.29. The van der Waals surface area contributed by atoms with Crippen LogP contribution in [-0.4, -0.2) is 31.6 Å². The van der Waals surface area contributed by atoms with Gasteiger partial charge in [-0.25, -0.2) is 0 Å². The summed E-state index contributed by atoms with van der Waals surface area (Å²) in [4.78, 5) is 2.33. The Morgan fingerprint density at radius 1 is 1.21 bits per heavy atom. The Bertz CT molecular complexity index is 381. The van der Waals surface area contributed by atoms with E-state index in [9.17, 15) is 0 Å². The summed E-state index contributed by atoms with van der Waals surface area (Å²) in [6, 6.07) is 8.51. The molecule has 108 valence electrons. The lowest BCUT2D eigenvalue weighted by atomic mass is 9.87. The number of nitrogens with two attached hydrogens (primary N) is 1. The summed E-state index contributed by atoms with van der Waals surface area (Å²) in [6.07, 6.45) is 0. The van der Waals surface area contributed by atoms with Crippen molar-refractivity contribution in [1.29, 1.82) is 0 Å². The highest BCUT2D eigenvalue weighted by Gasteiger charge is 2.25. The Hall–Kier alpha value is -1.06. The van der Waals surface area contributed by atoms with Gasteiger partial charge >= 0.3 is 0 Å². The molecule has 3 nitrogen and oxygen atoms in total. The second kappa shape index (κ2) is 6.40. The number of rotatable bonds is 5. The lowest BCUT2D eigenvalue weighted by Gasteiger charge is -2.36. The third-order valence-corrected chi connectivity index (χ3v) is 3.94. The molecule has 1 aromatic carbocycles. The molecule has 0 aliphatic carbocycles. The molecule has 1 aromatic rings. The zero-order chi connectivity index (χ0) is 14.6. The van der Waals surface area contributed by atoms with Gasteiger partial charge in [-0.1, -0.05) is 32.9 Å². The minimum absolute atomic E-state index is 0.0284. The van der Waals surface area contributed by atoms with E-state index < -0.39 is 0 Å². The maximum atomic E-state index is 6.29. The van der Waals surface area contributed by atoms with Gasteiger partial charge in [-0.3, -0.25) is 0 Å².